The van der Waals surface area contributed by atoms with Gasteiger partial charge in [-0.3, -0.25) is 9.36 Å². The lowest BCUT2D eigenvalue weighted by atomic mass is 10.00. The molecule has 2 aromatic rings. The van der Waals surface area contributed by atoms with E-state index in [1.807, 2.05) is 4.57 Å². The van der Waals surface area contributed by atoms with Crippen molar-refractivity contribution in [2.45, 2.75) is 57.0 Å². The summed E-state index contributed by atoms with van der Waals surface area (Å²) in [7, 11) is -1.64. The Kier molecular flexibility index (Phi) is 4.97. The van der Waals surface area contributed by atoms with Gasteiger partial charge in [-0.1, -0.05) is 6.42 Å². The van der Waals surface area contributed by atoms with Crippen LogP contribution in [0.4, 0.5) is 5.95 Å². The van der Waals surface area contributed by atoms with E-state index >= 15 is 0 Å². The number of rotatable bonds is 5. The van der Waals surface area contributed by atoms with Gasteiger partial charge in [-0.2, -0.15) is 4.98 Å². The van der Waals surface area contributed by atoms with Gasteiger partial charge in [0.25, 0.3) is 5.56 Å². The van der Waals surface area contributed by atoms with Crippen LogP contribution in [0, 0.1) is 5.41 Å². The van der Waals surface area contributed by atoms with Crippen molar-refractivity contribution in [3.8, 4) is 5.75 Å². The van der Waals surface area contributed by atoms with Crippen molar-refractivity contribution in [1.29, 1.82) is 0 Å². The number of sulfonamides is 1. The molecule has 3 heterocycles. The number of hydrogen-bond acceptors (Lipinski definition) is 7. The predicted octanol–water partition coefficient (Wildman–Crippen LogP) is 2.14. The number of fused-ring (bicyclic) bond motifs is 1. The summed E-state index contributed by atoms with van der Waals surface area (Å²) in [6.45, 7) is 0.965. The molecule has 168 valence electrons. The third kappa shape index (κ3) is 3.69. The predicted molar refractivity (Wildman–Crippen MR) is 118 cm³/mol. The number of pyridine rings is 1. The van der Waals surface area contributed by atoms with Crippen molar-refractivity contribution in [2.24, 2.45) is 5.41 Å². The third-order valence-electron chi connectivity index (χ3n) is 7.28. The normalized spacial score (nSPS) is 24.0. The minimum atomic E-state index is -3.16. The van der Waals surface area contributed by atoms with Gasteiger partial charge in [-0.25, -0.2) is 17.7 Å². The molecule has 2 aromatic heterocycles. The smallest absolute Gasteiger partial charge is 0.294 e. The van der Waals surface area contributed by atoms with Gasteiger partial charge in [-0.15, -0.1) is 0 Å². The summed E-state index contributed by atoms with van der Waals surface area (Å²) in [5.41, 5.74) is 0.759. The molecule has 3 aliphatic rings. The number of nitrogens with one attached hydrogen (secondary N) is 1. The van der Waals surface area contributed by atoms with E-state index in [0.29, 0.717) is 43.3 Å². The third-order valence-corrected chi connectivity index (χ3v) is 8.58. The number of aromatic nitrogens is 3. The van der Waals surface area contributed by atoms with Crippen LogP contribution in [0.1, 0.15) is 51.0 Å². The summed E-state index contributed by atoms with van der Waals surface area (Å²) in [5.74, 6) is 0.805. The summed E-state index contributed by atoms with van der Waals surface area (Å²) in [4.78, 5) is 22.5. The lowest BCUT2D eigenvalue weighted by molar-refractivity contribution is 0.331. The first-order chi connectivity index (χ1) is 14.8. The minimum absolute atomic E-state index is 0.0927. The molecule has 2 aliphatic carbocycles. The maximum atomic E-state index is 13.2. The molecule has 10 heteroatoms. The topological polar surface area (TPSA) is 106 Å². The summed E-state index contributed by atoms with van der Waals surface area (Å²) < 4.78 is 32.2. The van der Waals surface area contributed by atoms with Crippen molar-refractivity contribution in [2.75, 3.05) is 31.8 Å². The Balaban J connectivity index is 1.47. The van der Waals surface area contributed by atoms with Gasteiger partial charge in [0, 0.05) is 36.8 Å². The van der Waals surface area contributed by atoms with Crippen molar-refractivity contribution in [3.05, 3.63) is 22.6 Å². The highest BCUT2D eigenvalue weighted by Crippen LogP contribution is 2.63. The van der Waals surface area contributed by atoms with Crippen LogP contribution in [-0.4, -0.2) is 59.8 Å². The number of methoxy groups -OCH3 is 1. The largest absolute Gasteiger partial charge is 0.491 e. The standard InChI is InChI=1S/C21H29N5O4S/c1-30-16-12-14-13-22-20(23-15-5-10-25(11-6-15)31(2,28)29)24-18(14)26(19(16)27)17-4-3-7-21(17)8-9-21/h12-13,15,17H,3-11H2,1-2H3,(H,22,23,24). The lowest BCUT2D eigenvalue weighted by Gasteiger charge is -2.30. The molecule has 5 rings (SSSR count). The molecule has 31 heavy (non-hydrogen) atoms. The number of nitrogens with zero attached hydrogens (tertiary/aromatic N) is 4. The Bertz CT molecular complexity index is 1170. The van der Waals surface area contributed by atoms with Crippen molar-refractivity contribution >= 4 is 27.0 Å². The van der Waals surface area contributed by atoms with Crippen LogP contribution in [0.5, 0.6) is 5.75 Å². The quantitative estimate of drug-likeness (QED) is 0.748. The molecule has 1 unspecified atom stereocenters. The molecule has 0 amide bonds. The number of hydrogen-bond donors (Lipinski definition) is 1. The number of ether oxygens (including phenoxy) is 1. The van der Waals surface area contributed by atoms with E-state index < -0.39 is 10.0 Å². The zero-order valence-corrected chi connectivity index (χ0v) is 18.8. The van der Waals surface area contributed by atoms with Gasteiger partial charge < -0.3 is 10.1 Å². The molecule has 3 fully saturated rings. The molecule has 1 N–H and O–H groups in total. The molecule has 1 aliphatic heterocycles. The van der Waals surface area contributed by atoms with E-state index in [4.69, 9.17) is 9.72 Å². The fourth-order valence-corrected chi connectivity index (χ4v) is 6.26. The minimum Gasteiger partial charge on any atom is -0.491 e. The summed E-state index contributed by atoms with van der Waals surface area (Å²) in [6, 6.07) is 1.96. The summed E-state index contributed by atoms with van der Waals surface area (Å²) in [6.07, 6.45) is 9.97. The second kappa shape index (κ2) is 7.44. The van der Waals surface area contributed by atoms with E-state index in [9.17, 15) is 13.2 Å². The Hall–Kier alpha value is -2.20. The molecule has 1 saturated heterocycles. The monoisotopic (exact) mass is 447 g/mol. The van der Waals surface area contributed by atoms with Crippen molar-refractivity contribution in [1.82, 2.24) is 18.8 Å². The lowest BCUT2D eigenvalue weighted by Crippen LogP contribution is -2.42. The van der Waals surface area contributed by atoms with Gasteiger partial charge in [0.05, 0.1) is 13.4 Å². The maximum absolute atomic E-state index is 13.2. The van der Waals surface area contributed by atoms with Crippen molar-refractivity contribution < 1.29 is 13.2 Å². The molecule has 9 nitrogen and oxygen atoms in total. The summed E-state index contributed by atoms with van der Waals surface area (Å²) >= 11 is 0. The van der Waals surface area contributed by atoms with Crippen LogP contribution in [-0.2, 0) is 10.0 Å². The van der Waals surface area contributed by atoms with E-state index in [1.54, 1.807) is 12.3 Å². The summed E-state index contributed by atoms with van der Waals surface area (Å²) in [5, 5.41) is 4.15. The first-order valence-corrected chi connectivity index (χ1v) is 12.8. The average Bonchev–Trinajstić information content (AvgIpc) is 3.40. The Morgan fingerprint density at radius 1 is 1.19 bits per heavy atom. The Morgan fingerprint density at radius 2 is 1.94 bits per heavy atom. The van der Waals surface area contributed by atoms with Gasteiger partial charge >= 0.3 is 0 Å². The van der Waals surface area contributed by atoms with E-state index in [-0.39, 0.29) is 23.1 Å². The SMILES string of the molecule is COc1cc2cnc(NC3CCN(S(C)(=O)=O)CC3)nc2n(C2CCCC23CC3)c1=O. The van der Waals surface area contributed by atoms with Crippen LogP contribution in [0.2, 0.25) is 0 Å². The van der Waals surface area contributed by atoms with Crippen LogP contribution < -0.4 is 15.6 Å². The van der Waals surface area contributed by atoms with Crippen LogP contribution >= 0.6 is 0 Å². The van der Waals surface area contributed by atoms with Gasteiger partial charge in [0.2, 0.25) is 16.0 Å². The van der Waals surface area contributed by atoms with E-state index in [2.05, 4.69) is 10.3 Å². The number of piperidine rings is 1. The van der Waals surface area contributed by atoms with Crippen LogP contribution in [0.15, 0.2) is 17.1 Å². The molecular formula is C21H29N5O4S. The average molecular weight is 448 g/mol. The molecule has 0 radical (unpaired) electrons. The van der Waals surface area contributed by atoms with Gasteiger partial charge in [0.15, 0.2) is 5.75 Å². The number of anilines is 1. The highest BCUT2D eigenvalue weighted by atomic mass is 32.2. The van der Waals surface area contributed by atoms with Gasteiger partial charge in [0.1, 0.15) is 5.65 Å². The zero-order chi connectivity index (χ0) is 21.8. The first-order valence-electron chi connectivity index (χ1n) is 11.0. The van der Waals surface area contributed by atoms with Crippen LogP contribution in [0.25, 0.3) is 11.0 Å². The zero-order valence-electron chi connectivity index (χ0n) is 18.0. The Morgan fingerprint density at radius 3 is 2.58 bits per heavy atom. The molecular weight excluding hydrogens is 418 g/mol. The molecule has 1 atom stereocenters. The maximum Gasteiger partial charge on any atom is 0.294 e. The van der Waals surface area contributed by atoms with E-state index in [0.717, 1.165) is 37.5 Å². The second-order valence-electron chi connectivity index (χ2n) is 9.21. The first kappa shape index (κ1) is 20.7. The van der Waals surface area contributed by atoms with Gasteiger partial charge in [-0.05, 0) is 50.0 Å². The highest BCUT2D eigenvalue weighted by molar-refractivity contribution is 7.88. The van der Waals surface area contributed by atoms with Crippen molar-refractivity contribution in [3.63, 3.8) is 0 Å². The molecule has 1 spiro atoms. The molecule has 2 saturated carbocycles. The highest BCUT2D eigenvalue weighted by Gasteiger charge is 2.53. The molecule has 0 bridgehead atoms. The Labute approximate surface area is 181 Å². The fourth-order valence-electron chi connectivity index (χ4n) is 5.38. The fraction of sp³-hybridized carbons (Fsp3) is 0.667. The van der Waals surface area contributed by atoms with Crippen LogP contribution in [0.3, 0.4) is 0 Å². The van der Waals surface area contributed by atoms with E-state index in [1.165, 1.54) is 17.7 Å². The molecule has 0 aromatic carbocycles. The second-order valence-corrected chi connectivity index (χ2v) is 11.2.